The minimum atomic E-state index is -0.239. The van der Waals surface area contributed by atoms with Crippen molar-refractivity contribution in [1.82, 2.24) is 0 Å². The summed E-state index contributed by atoms with van der Waals surface area (Å²) in [5.41, 5.74) is 12.4. The van der Waals surface area contributed by atoms with Gasteiger partial charge in [-0.25, -0.2) is 4.79 Å². The van der Waals surface area contributed by atoms with Crippen LogP contribution in [0, 0.1) is 0 Å². The fourth-order valence-electron chi connectivity index (χ4n) is 4.37. The van der Waals surface area contributed by atoms with Crippen LogP contribution >= 0.6 is 11.6 Å². The van der Waals surface area contributed by atoms with Crippen LogP contribution in [0.25, 0.3) is 0 Å². The highest BCUT2D eigenvalue weighted by molar-refractivity contribution is 6.32. The molecular formula is C29H36ClN3O2. The monoisotopic (exact) mass is 493 g/mol. The van der Waals surface area contributed by atoms with E-state index in [9.17, 15) is 4.79 Å². The van der Waals surface area contributed by atoms with Crippen molar-refractivity contribution in [2.45, 2.75) is 59.4 Å². The first kappa shape index (κ1) is 26.4. The number of hydrogen-bond acceptors (Lipinski definition) is 3. The number of amides is 2. The van der Waals surface area contributed by atoms with Crippen LogP contribution in [0.15, 0.2) is 54.6 Å². The molecule has 3 aromatic carbocycles. The van der Waals surface area contributed by atoms with E-state index in [4.69, 9.17) is 22.1 Å². The van der Waals surface area contributed by atoms with Crippen LogP contribution in [0.1, 0.15) is 68.8 Å². The van der Waals surface area contributed by atoms with Crippen LogP contribution in [-0.2, 0) is 12.8 Å². The highest BCUT2D eigenvalue weighted by atomic mass is 35.5. The van der Waals surface area contributed by atoms with Gasteiger partial charge in [-0.2, -0.15) is 0 Å². The van der Waals surface area contributed by atoms with Crippen molar-refractivity contribution in [3.8, 4) is 5.75 Å². The third-order valence-electron chi connectivity index (χ3n) is 6.50. The lowest BCUT2D eigenvalue weighted by Crippen LogP contribution is -2.37. The van der Waals surface area contributed by atoms with Gasteiger partial charge in [-0.3, -0.25) is 4.90 Å². The van der Waals surface area contributed by atoms with Gasteiger partial charge in [0.25, 0.3) is 0 Å². The molecule has 0 bridgehead atoms. The number of nitrogens with zero attached hydrogens (tertiary/aromatic N) is 1. The molecule has 0 heterocycles. The summed E-state index contributed by atoms with van der Waals surface area (Å²) >= 11 is 6.52. The molecule has 0 radical (unpaired) electrons. The highest BCUT2D eigenvalue weighted by Gasteiger charge is 2.26. The van der Waals surface area contributed by atoms with Crippen molar-refractivity contribution in [2.24, 2.45) is 0 Å². The molecule has 1 unspecified atom stereocenters. The predicted molar refractivity (Wildman–Crippen MR) is 148 cm³/mol. The third kappa shape index (κ3) is 5.73. The molecule has 2 amide bonds. The van der Waals surface area contributed by atoms with E-state index in [0.717, 1.165) is 28.1 Å². The lowest BCUT2D eigenvalue weighted by atomic mass is 10.0. The van der Waals surface area contributed by atoms with Crippen LogP contribution in [0.2, 0.25) is 5.02 Å². The fourth-order valence-corrected chi connectivity index (χ4v) is 4.71. The quantitative estimate of drug-likeness (QED) is 0.312. The smallest absolute Gasteiger partial charge is 0.326 e. The summed E-state index contributed by atoms with van der Waals surface area (Å²) in [4.78, 5) is 15.7. The van der Waals surface area contributed by atoms with Gasteiger partial charge in [-0.05, 0) is 78.3 Å². The summed E-state index contributed by atoms with van der Waals surface area (Å²) in [6.07, 6.45) is 1.36. The number of urea groups is 1. The van der Waals surface area contributed by atoms with Crippen molar-refractivity contribution in [1.29, 1.82) is 0 Å². The van der Waals surface area contributed by atoms with E-state index in [-0.39, 0.29) is 12.1 Å². The number of hydrogen-bond donors (Lipinski definition) is 2. The van der Waals surface area contributed by atoms with Gasteiger partial charge >= 0.3 is 6.03 Å². The fraction of sp³-hybridized carbons (Fsp3) is 0.345. The van der Waals surface area contributed by atoms with E-state index in [0.29, 0.717) is 35.2 Å². The number of nitrogen functional groups attached to an aromatic ring is 1. The molecular weight excluding hydrogens is 458 g/mol. The lowest BCUT2D eigenvalue weighted by Gasteiger charge is -2.31. The van der Waals surface area contributed by atoms with Crippen molar-refractivity contribution in [2.75, 3.05) is 23.1 Å². The molecule has 1 atom stereocenters. The van der Waals surface area contributed by atoms with Crippen molar-refractivity contribution in [3.63, 3.8) is 0 Å². The van der Waals surface area contributed by atoms with Gasteiger partial charge < -0.3 is 15.8 Å². The summed E-state index contributed by atoms with van der Waals surface area (Å²) in [7, 11) is 1.64. The number of anilines is 3. The zero-order valence-corrected chi connectivity index (χ0v) is 22.2. The number of rotatable bonds is 8. The Balaban J connectivity index is 2.07. The number of ether oxygens (including phenoxy) is 1. The number of nitrogens with two attached hydrogens (primary N) is 1. The van der Waals surface area contributed by atoms with Gasteiger partial charge in [0.1, 0.15) is 5.75 Å². The molecule has 3 rings (SSSR count). The second kappa shape index (κ2) is 11.5. The van der Waals surface area contributed by atoms with E-state index in [1.807, 2.05) is 57.2 Å². The molecule has 0 saturated carbocycles. The van der Waals surface area contributed by atoms with Crippen LogP contribution < -0.4 is 20.7 Å². The number of halogens is 1. The lowest BCUT2D eigenvalue weighted by molar-refractivity contribution is 0.255. The molecule has 0 aliphatic heterocycles. The first-order chi connectivity index (χ1) is 16.7. The number of carbonyl (C=O) groups excluding carboxylic acids is 1. The molecule has 0 spiro atoms. The number of methoxy groups -OCH3 is 1. The van der Waals surface area contributed by atoms with Crippen molar-refractivity contribution >= 4 is 34.7 Å². The van der Waals surface area contributed by atoms with Crippen LogP contribution in [-0.4, -0.2) is 13.1 Å². The third-order valence-corrected chi connectivity index (χ3v) is 6.84. The average molecular weight is 494 g/mol. The molecule has 0 fully saturated rings. The largest absolute Gasteiger partial charge is 0.497 e. The van der Waals surface area contributed by atoms with Crippen molar-refractivity contribution < 1.29 is 9.53 Å². The molecule has 0 saturated heterocycles. The zero-order chi connectivity index (χ0) is 25.7. The van der Waals surface area contributed by atoms with Crippen LogP contribution in [0.3, 0.4) is 0 Å². The van der Waals surface area contributed by atoms with Crippen LogP contribution in [0.4, 0.5) is 21.9 Å². The molecule has 0 aromatic heterocycles. The van der Waals surface area contributed by atoms with Crippen molar-refractivity contribution in [3.05, 3.63) is 81.9 Å². The Morgan fingerprint density at radius 1 is 0.971 bits per heavy atom. The molecule has 3 aromatic rings. The first-order valence-corrected chi connectivity index (χ1v) is 12.5. The summed E-state index contributed by atoms with van der Waals surface area (Å²) in [5.74, 6) is 1.17. The van der Waals surface area contributed by atoms with Gasteiger partial charge in [-0.1, -0.05) is 63.6 Å². The van der Waals surface area contributed by atoms with Crippen LogP contribution in [0.5, 0.6) is 5.75 Å². The van der Waals surface area contributed by atoms with E-state index in [1.165, 1.54) is 5.56 Å². The summed E-state index contributed by atoms with van der Waals surface area (Å²) in [6, 6.07) is 17.2. The van der Waals surface area contributed by atoms with Gasteiger partial charge in [-0.15, -0.1) is 0 Å². The maximum atomic E-state index is 13.9. The normalized spacial score (nSPS) is 11.9. The number of carbonyl (C=O) groups is 1. The Labute approximate surface area is 214 Å². The summed E-state index contributed by atoms with van der Waals surface area (Å²) in [6.45, 7) is 10.4. The molecule has 5 nitrogen and oxygen atoms in total. The molecule has 6 heteroatoms. The number of nitrogens with one attached hydrogen (secondary N) is 1. The minimum absolute atomic E-state index is 0.238. The molecule has 3 N–H and O–H groups in total. The second-order valence-electron chi connectivity index (χ2n) is 8.98. The molecule has 186 valence electrons. The van der Waals surface area contributed by atoms with Gasteiger partial charge in [0.15, 0.2) is 0 Å². The Morgan fingerprint density at radius 3 is 2.06 bits per heavy atom. The van der Waals surface area contributed by atoms with Gasteiger partial charge in [0.05, 0.1) is 18.8 Å². The highest BCUT2D eigenvalue weighted by Crippen LogP contribution is 2.36. The summed E-state index contributed by atoms with van der Waals surface area (Å²) < 4.78 is 5.31. The Morgan fingerprint density at radius 2 is 1.54 bits per heavy atom. The van der Waals surface area contributed by atoms with E-state index in [2.05, 4.69) is 31.3 Å². The topological polar surface area (TPSA) is 67.6 Å². The Hall–Kier alpha value is -3.18. The Bertz CT molecular complexity index is 1130. The molecule has 35 heavy (non-hydrogen) atoms. The SMILES string of the molecule is CCc1c(N)cc(Cl)c(CC)c1NC(=O)N(c1ccc(C(C)C)cc1)C(C)c1ccc(OC)cc1. The first-order valence-electron chi connectivity index (χ1n) is 12.2. The Kier molecular flexibility index (Phi) is 8.68. The minimum Gasteiger partial charge on any atom is -0.497 e. The average Bonchev–Trinajstić information content (AvgIpc) is 2.84. The van der Waals surface area contributed by atoms with E-state index < -0.39 is 0 Å². The molecule has 0 aliphatic carbocycles. The predicted octanol–water partition coefficient (Wildman–Crippen LogP) is 7.98. The maximum Gasteiger partial charge on any atom is 0.326 e. The standard InChI is InChI=1S/C29H36ClN3O2/c1-7-24-26(30)17-27(31)25(8-2)28(24)32-29(34)33(22-13-9-20(10-14-22)18(3)4)19(5)21-11-15-23(35-6)16-12-21/h9-19H,7-8,31H2,1-6H3,(H,32,34). The maximum absolute atomic E-state index is 13.9. The van der Waals surface area contributed by atoms with E-state index in [1.54, 1.807) is 18.1 Å². The summed E-state index contributed by atoms with van der Waals surface area (Å²) in [5, 5.41) is 3.73. The molecule has 0 aliphatic rings. The second-order valence-corrected chi connectivity index (χ2v) is 9.39. The van der Waals surface area contributed by atoms with Gasteiger partial charge in [0, 0.05) is 16.4 Å². The van der Waals surface area contributed by atoms with Gasteiger partial charge in [0.2, 0.25) is 0 Å². The zero-order valence-electron chi connectivity index (χ0n) is 21.5. The van der Waals surface area contributed by atoms with E-state index >= 15 is 0 Å². The number of benzene rings is 3.